The second kappa shape index (κ2) is 13.5. The van der Waals surface area contributed by atoms with E-state index in [1.807, 2.05) is 61.5 Å². The lowest BCUT2D eigenvalue weighted by molar-refractivity contribution is -0.136. The van der Waals surface area contributed by atoms with Crippen LogP contribution in [0.1, 0.15) is 73.9 Å². The van der Waals surface area contributed by atoms with Crippen LogP contribution in [0.3, 0.4) is 0 Å². The minimum atomic E-state index is -0.851. The van der Waals surface area contributed by atoms with Crippen LogP contribution < -0.4 is 10.9 Å². The first-order valence-electron chi connectivity index (χ1n) is 14.6. The monoisotopic (exact) mass is 574 g/mol. The van der Waals surface area contributed by atoms with Gasteiger partial charge in [0.15, 0.2) is 5.16 Å². The number of aliphatic carboxylic acids is 1. The fourth-order valence-electron chi connectivity index (χ4n) is 5.65. The fraction of sp³-hybridized carbons (Fsp3) is 0.438. The van der Waals surface area contributed by atoms with E-state index in [-0.39, 0.29) is 30.5 Å². The van der Waals surface area contributed by atoms with Crippen LogP contribution in [0.5, 0.6) is 0 Å². The molecule has 2 heterocycles. The highest BCUT2D eigenvalue weighted by Crippen LogP contribution is 2.34. The normalized spacial score (nSPS) is 16.3. The van der Waals surface area contributed by atoms with Crippen molar-refractivity contribution in [2.75, 3.05) is 13.1 Å². The van der Waals surface area contributed by atoms with Crippen LogP contribution >= 0.6 is 11.8 Å². The average molecular weight is 575 g/mol. The Morgan fingerprint density at radius 1 is 1.07 bits per heavy atom. The largest absolute Gasteiger partial charge is 0.481 e. The number of carboxylic acids is 1. The number of amides is 1. The summed E-state index contributed by atoms with van der Waals surface area (Å²) < 4.78 is 1.75. The average Bonchev–Trinajstić information content (AvgIpc) is 2.98. The van der Waals surface area contributed by atoms with Crippen molar-refractivity contribution in [1.82, 2.24) is 19.8 Å². The number of carboxylic acid groups (broad SMARTS) is 1. The van der Waals surface area contributed by atoms with E-state index in [9.17, 15) is 14.4 Å². The molecule has 2 aromatic carbocycles. The molecule has 2 N–H and O–H groups in total. The summed E-state index contributed by atoms with van der Waals surface area (Å²) in [5.74, 6) is -0.838. The lowest BCUT2D eigenvalue weighted by Gasteiger charge is -2.30. The van der Waals surface area contributed by atoms with E-state index in [0.717, 1.165) is 40.5 Å². The molecule has 41 heavy (non-hydrogen) atoms. The van der Waals surface area contributed by atoms with Crippen molar-refractivity contribution in [3.05, 3.63) is 87.3 Å². The first-order valence-corrected chi connectivity index (χ1v) is 15.5. The highest BCUT2D eigenvalue weighted by atomic mass is 32.2. The van der Waals surface area contributed by atoms with Gasteiger partial charge in [-0.15, -0.1) is 0 Å². The number of hydrogen-bond acceptors (Lipinski definition) is 6. The summed E-state index contributed by atoms with van der Waals surface area (Å²) in [5.41, 5.74) is 3.97. The molecule has 1 amide bonds. The van der Waals surface area contributed by atoms with Gasteiger partial charge in [-0.1, -0.05) is 73.5 Å². The van der Waals surface area contributed by atoms with Crippen molar-refractivity contribution < 1.29 is 14.7 Å². The van der Waals surface area contributed by atoms with Gasteiger partial charge in [-0.2, -0.15) is 0 Å². The number of benzene rings is 2. The van der Waals surface area contributed by atoms with Crippen molar-refractivity contribution in [2.24, 2.45) is 0 Å². The fourth-order valence-corrected chi connectivity index (χ4v) is 6.98. The third kappa shape index (κ3) is 7.26. The SMILES string of the molecule is CC(NCCC(=O)N1CCc2nc(SC3CCCCC3)n(-c3ccccc3)c(=O)c2C1)c1ccc(CC(=O)O)cc1. The molecule has 9 heteroatoms. The lowest BCUT2D eigenvalue weighted by Crippen LogP contribution is -2.42. The van der Waals surface area contributed by atoms with Crippen LogP contribution in [0, 0.1) is 0 Å². The highest BCUT2D eigenvalue weighted by Gasteiger charge is 2.28. The summed E-state index contributed by atoms with van der Waals surface area (Å²) in [6, 6.07) is 17.2. The first-order chi connectivity index (χ1) is 19.9. The number of nitrogens with zero attached hydrogens (tertiary/aromatic N) is 3. The molecule has 1 atom stereocenters. The molecule has 216 valence electrons. The van der Waals surface area contributed by atoms with E-state index in [1.54, 1.807) is 21.2 Å². The maximum absolute atomic E-state index is 13.9. The second-order valence-corrected chi connectivity index (χ2v) is 12.2. The quantitative estimate of drug-likeness (QED) is 0.332. The summed E-state index contributed by atoms with van der Waals surface area (Å²) in [6.45, 7) is 3.36. The Hall–Kier alpha value is -3.43. The van der Waals surface area contributed by atoms with Crippen LogP contribution in [-0.4, -0.2) is 49.8 Å². The maximum Gasteiger partial charge on any atom is 0.307 e. The van der Waals surface area contributed by atoms with Crippen molar-refractivity contribution in [2.45, 2.75) is 81.3 Å². The molecule has 8 nitrogen and oxygen atoms in total. The number of aromatic nitrogens is 2. The summed E-state index contributed by atoms with van der Waals surface area (Å²) in [7, 11) is 0. The molecule has 1 aliphatic carbocycles. The van der Waals surface area contributed by atoms with Gasteiger partial charge < -0.3 is 15.3 Å². The van der Waals surface area contributed by atoms with Crippen molar-refractivity contribution in [3.8, 4) is 5.69 Å². The predicted molar refractivity (Wildman–Crippen MR) is 161 cm³/mol. The van der Waals surface area contributed by atoms with Crippen LogP contribution in [0.2, 0.25) is 0 Å². The van der Waals surface area contributed by atoms with Gasteiger partial charge in [-0.3, -0.25) is 19.0 Å². The van der Waals surface area contributed by atoms with Crippen molar-refractivity contribution in [1.29, 1.82) is 0 Å². The zero-order chi connectivity index (χ0) is 28.8. The molecule has 1 aromatic heterocycles. The predicted octanol–water partition coefficient (Wildman–Crippen LogP) is 4.91. The van der Waals surface area contributed by atoms with Crippen molar-refractivity contribution in [3.63, 3.8) is 0 Å². The number of fused-ring (bicyclic) bond motifs is 1. The smallest absolute Gasteiger partial charge is 0.307 e. The Morgan fingerprint density at radius 3 is 2.51 bits per heavy atom. The van der Waals surface area contributed by atoms with Crippen LogP contribution in [-0.2, 0) is 29.0 Å². The van der Waals surface area contributed by atoms with E-state index in [4.69, 9.17) is 10.1 Å². The molecular formula is C32H38N4O4S. The van der Waals surface area contributed by atoms with Crippen molar-refractivity contribution >= 4 is 23.6 Å². The van der Waals surface area contributed by atoms with Gasteiger partial charge in [-0.25, -0.2) is 4.98 Å². The van der Waals surface area contributed by atoms with Crippen LogP contribution in [0.15, 0.2) is 64.5 Å². The molecule has 1 unspecified atom stereocenters. The first kappa shape index (κ1) is 29.1. The molecule has 0 bridgehead atoms. The Kier molecular flexibility index (Phi) is 9.57. The Morgan fingerprint density at radius 2 is 1.80 bits per heavy atom. The zero-order valence-electron chi connectivity index (χ0n) is 23.6. The van der Waals surface area contributed by atoms with E-state index in [1.165, 1.54) is 19.3 Å². The zero-order valence-corrected chi connectivity index (χ0v) is 24.4. The van der Waals surface area contributed by atoms with E-state index >= 15 is 0 Å². The number of thioether (sulfide) groups is 1. The lowest BCUT2D eigenvalue weighted by atomic mass is 10.0. The third-order valence-corrected chi connectivity index (χ3v) is 9.30. The number of nitrogens with one attached hydrogen (secondary N) is 1. The second-order valence-electron chi connectivity index (χ2n) is 11.0. The number of rotatable bonds is 10. The van der Waals surface area contributed by atoms with E-state index in [0.29, 0.717) is 36.7 Å². The maximum atomic E-state index is 13.9. The molecule has 1 fully saturated rings. The van der Waals surface area contributed by atoms with E-state index in [2.05, 4.69) is 5.32 Å². The Balaban J connectivity index is 1.25. The molecule has 3 aromatic rings. The standard InChI is InChI=1S/C32H38N4O4S/c1-22(24-14-12-23(13-15-24)20-30(38)39)33-18-16-29(37)35-19-17-28-27(21-35)31(40)36(25-8-4-2-5-9-25)32(34-28)41-26-10-6-3-7-11-26/h2,4-5,8-9,12-15,22,26,33H,3,6-7,10-11,16-21H2,1H3,(H,38,39). The van der Waals surface area contributed by atoms with Gasteiger partial charge in [0.1, 0.15) is 0 Å². The molecule has 0 spiro atoms. The Bertz CT molecular complexity index is 1420. The topological polar surface area (TPSA) is 105 Å². The van der Waals surface area contributed by atoms with Gasteiger partial charge >= 0.3 is 5.97 Å². The Labute approximate surface area is 245 Å². The molecule has 0 saturated heterocycles. The number of para-hydroxylation sites is 1. The van der Waals surface area contributed by atoms with Gasteiger partial charge in [0, 0.05) is 37.2 Å². The van der Waals surface area contributed by atoms with E-state index < -0.39 is 5.97 Å². The number of hydrogen-bond donors (Lipinski definition) is 2. The number of carbonyl (C=O) groups is 2. The molecule has 0 radical (unpaired) electrons. The number of carbonyl (C=O) groups excluding carboxylic acids is 1. The summed E-state index contributed by atoms with van der Waals surface area (Å²) in [5, 5.41) is 13.6. The summed E-state index contributed by atoms with van der Waals surface area (Å²) in [6.07, 6.45) is 6.93. The molecule has 1 saturated carbocycles. The van der Waals surface area contributed by atoms with Gasteiger partial charge in [0.2, 0.25) is 5.91 Å². The minimum Gasteiger partial charge on any atom is -0.481 e. The molecule has 1 aliphatic heterocycles. The minimum absolute atomic E-state index is 0.00215. The highest BCUT2D eigenvalue weighted by molar-refractivity contribution is 7.99. The van der Waals surface area contributed by atoms with Gasteiger partial charge in [0.05, 0.1) is 29.9 Å². The summed E-state index contributed by atoms with van der Waals surface area (Å²) in [4.78, 5) is 44.8. The van der Waals surface area contributed by atoms with Crippen LogP contribution in [0.25, 0.3) is 5.69 Å². The molecule has 2 aliphatic rings. The van der Waals surface area contributed by atoms with Gasteiger partial charge in [0.25, 0.3) is 5.56 Å². The van der Waals surface area contributed by atoms with Gasteiger partial charge in [-0.05, 0) is 43.0 Å². The molecular weight excluding hydrogens is 536 g/mol. The van der Waals surface area contributed by atoms with Crippen LogP contribution in [0.4, 0.5) is 0 Å². The molecule has 5 rings (SSSR count). The summed E-state index contributed by atoms with van der Waals surface area (Å²) >= 11 is 1.73. The third-order valence-electron chi connectivity index (χ3n) is 8.01.